The lowest BCUT2D eigenvalue weighted by atomic mass is 10.0. The highest BCUT2D eigenvalue weighted by Gasteiger charge is 2.30. The smallest absolute Gasteiger partial charge is 0.315 e. The molecule has 6 nitrogen and oxygen atoms in total. The predicted octanol–water partition coefficient (Wildman–Crippen LogP) is 1.91. The van der Waals surface area contributed by atoms with Gasteiger partial charge in [0.05, 0.1) is 11.3 Å². The molecule has 0 aromatic carbocycles. The summed E-state index contributed by atoms with van der Waals surface area (Å²) in [5, 5.41) is 10.4. The normalized spacial score (nSPS) is 21.1. The molecule has 0 bridgehead atoms. The Morgan fingerprint density at radius 2 is 2.14 bits per heavy atom. The second-order valence-corrected chi connectivity index (χ2v) is 6.14. The Labute approximate surface area is 132 Å². The summed E-state index contributed by atoms with van der Waals surface area (Å²) in [5.74, 6) is 0. The third kappa shape index (κ3) is 3.80. The second kappa shape index (κ2) is 7.13. The number of ether oxygens (including phenoxy) is 1. The van der Waals surface area contributed by atoms with E-state index in [1.807, 2.05) is 18.7 Å². The van der Waals surface area contributed by atoms with Crippen molar-refractivity contribution in [1.29, 1.82) is 0 Å². The molecule has 2 amide bonds. The highest BCUT2D eigenvalue weighted by atomic mass is 16.5. The molecule has 1 unspecified atom stereocenters. The minimum absolute atomic E-state index is 0.148. The molecule has 1 atom stereocenters. The van der Waals surface area contributed by atoms with Gasteiger partial charge in [-0.3, -0.25) is 4.68 Å². The van der Waals surface area contributed by atoms with Crippen LogP contribution in [-0.2, 0) is 31.2 Å². The summed E-state index contributed by atoms with van der Waals surface area (Å²) in [6.45, 7) is 8.10. The van der Waals surface area contributed by atoms with E-state index in [-0.39, 0.29) is 11.6 Å². The molecule has 0 saturated carbocycles. The van der Waals surface area contributed by atoms with Gasteiger partial charge in [-0.15, -0.1) is 0 Å². The van der Waals surface area contributed by atoms with Gasteiger partial charge in [0.15, 0.2) is 0 Å². The van der Waals surface area contributed by atoms with Crippen LogP contribution in [-0.4, -0.2) is 34.6 Å². The van der Waals surface area contributed by atoms with Crippen LogP contribution in [0.15, 0.2) is 0 Å². The molecule has 0 radical (unpaired) electrons. The molecule has 124 valence electrons. The lowest BCUT2D eigenvalue weighted by molar-refractivity contribution is 0.0229. The summed E-state index contributed by atoms with van der Waals surface area (Å²) in [4.78, 5) is 12.0. The Morgan fingerprint density at radius 3 is 2.73 bits per heavy atom. The zero-order valence-corrected chi connectivity index (χ0v) is 14.2. The van der Waals surface area contributed by atoms with Crippen LogP contribution < -0.4 is 10.6 Å². The molecular formula is C16H28N4O2. The SMILES string of the molecule is CCc1nn(C)c(CC)c1CNC(=O)NCC1(C)CCCO1. The maximum atomic E-state index is 12.0. The van der Waals surface area contributed by atoms with E-state index < -0.39 is 0 Å². The van der Waals surface area contributed by atoms with Gasteiger partial charge in [0, 0.05) is 38.0 Å². The van der Waals surface area contributed by atoms with Crippen LogP contribution in [0.5, 0.6) is 0 Å². The van der Waals surface area contributed by atoms with E-state index in [9.17, 15) is 4.79 Å². The molecule has 2 rings (SSSR count). The predicted molar refractivity (Wildman–Crippen MR) is 85.8 cm³/mol. The van der Waals surface area contributed by atoms with Gasteiger partial charge in [0.2, 0.25) is 0 Å². The topological polar surface area (TPSA) is 68.2 Å². The first kappa shape index (κ1) is 16.8. The van der Waals surface area contributed by atoms with E-state index in [0.29, 0.717) is 13.1 Å². The van der Waals surface area contributed by atoms with Gasteiger partial charge in [-0.2, -0.15) is 5.10 Å². The van der Waals surface area contributed by atoms with E-state index >= 15 is 0 Å². The first-order valence-electron chi connectivity index (χ1n) is 8.18. The van der Waals surface area contributed by atoms with Crippen molar-refractivity contribution in [3.8, 4) is 0 Å². The molecule has 0 spiro atoms. The maximum Gasteiger partial charge on any atom is 0.315 e. The minimum atomic E-state index is -0.213. The third-order valence-corrected chi connectivity index (χ3v) is 4.38. The van der Waals surface area contributed by atoms with E-state index in [0.717, 1.165) is 43.5 Å². The number of hydrogen-bond acceptors (Lipinski definition) is 3. The number of carbonyl (C=O) groups is 1. The largest absolute Gasteiger partial charge is 0.373 e. The lowest BCUT2D eigenvalue weighted by Crippen LogP contribution is -2.44. The number of amides is 2. The average Bonchev–Trinajstić information content (AvgIpc) is 3.06. The summed E-state index contributed by atoms with van der Waals surface area (Å²) in [6.07, 6.45) is 3.84. The van der Waals surface area contributed by atoms with Crippen LogP contribution in [0.1, 0.15) is 50.6 Å². The molecule has 6 heteroatoms. The quantitative estimate of drug-likeness (QED) is 0.843. The van der Waals surface area contributed by atoms with Crippen molar-refractivity contribution in [3.63, 3.8) is 0 Å². The molecule has 1 aliphatic heterocycles. The number of aryl methyl sites for hydroxylation is 2. The summed E-state index contributed by atoms with van der Waals surface area (Å²) in [6, 6.07) is -0.148. The monoisotopic (exact) mass is 308 g/mol. The summed E-state index contributed by atoms with van der Waals surface area (Å²) in [5.41, 5.74) is 3.18. The number of carbonyl (C=O) groups excluding carboxylic acids is 1. The Bertz CT molecular complexity index is 518. The van der Waals surface area contributed by atoms with Crippen molar-refractivity contribution >= 4 is 6.03 Å². The van der Waals surface area contributed by atoms with Crippen LogP contribution >= 0.6 is 0 Å². The fourth-order valence-corrected chi connectivity index (χ4v) is 3.07. The zero-order chi connectivity index (χ0) is 16.2. The van der Waals surface area contributed by atoms with Crippen LogP contribution in [0.25, 0.3) is 0 Å². The van der Waals surface area contributed by atoms with Crippen LogP contribution in [0.4, 0.5) is 4.79 Å². The zero-order valence-electron chi connectivity index (χ0n) is 14.2. The standard InChI is InChI=1S/C16H28N4O2/c1-5-13-12(14(6-2)20(4)19-13)10-17-15(21)18-11-16(3)8-7-9-22-16/h5-11H2,1-4H3,(H2,17,18,21). The molecule has 0 aliphatic carbocycles. The molecule has 1 aliphatic rings. The first-order chi connectivity index (χ1) is 10.5. The number of rotatable bonds is 6. The van der Waals surface area contributed by atoms with E-state index in [4.69, 9.17) is 4.74 Å². The second-order valence-electron chi connectivity index (χ2n) is 6.14. The maximum absolute atomic E-state index is 12.0. The van der Waals surface area contributed by atoms with E-state index in [1.54, 1.807) is 0 Å². The molecule has 1 aromatic rings. The molecular weight excluding hydrogens is 280 g/mol. The van der Waals surface area contributed by atoms with E-state index in [2.05, 4.69) is 29.6 Å². The summed E-state index contributed by atoms with van der Waals surface area (Å²) in [7, 11) is 1.96. The van der Waals surface area contributed by atoms with Gasteiger partial charge >= 0.3 is 6.03 Å². The summed E-state index contributed by atoms with van der Waals surface area (Å²) >= 11 is 0. The average molecular weight is 308 g/mol. The Kier molecular flexibility index (Phi) is 5.45. The van der Waals surface area contributed by atoms with Gasteiger partial charge in [0.1, 0.15) is 0 Å². The fourth-order valence-electron chi connectivity index (χ4n) is 3.07. The minimum Gasteiger partial charge on any atom is -0.373 e. The molecule has 2 heterocycles. The fraction of sp³-hybridized carbons (Fsp3) is 0.750. The van der Waals surface area contributed by atoms with Crippen molar-refractivity contribution in [1.82, 2.24) is 20.4 Å². The first-order valence-corrected chi connectivity index (χ1v) is 8.18. The van der Waals surface area contributed by atoms with Gasteiger partial charge in [-0.25, -0.2) is 4.79 Å². The number of nitrogens with one attached hydrogen (secondary N) is 2. The van der Waals surface area contributed by atoms with E-state index in [1.165, 1.54) is 5.69 Å². The van der Waals surface area contributed by atoms with Gasteiger partial charge in [0.25, 0.3) is 0 Å². The van der Waals surface area contributed by atoms with Crippen LogP contribution in [0.2, 0.25) is 0 Å². The van der Waals surface area contributed by atoms with Crippen molar-refractivity contribution < 1.29 is 9.53 Å². The third-order valence-electron chi connectivity index (χ3n) is 4.38. The Balaban J connectivity index is 1.88. The molecule has 1 fully saturated rings. The lowest BCUT2D eigenvalue weighted by Gasteiger charge is -2.23. The molecule has 1 aromatic heterocycles. The number of hydrogen-bond donors (Lipinski definition) is 2. The number of nitrogens with zero attached hydrogens (tertiary/aromatic N) is 2. The Morgan fingerprint density at radius 1 is 1.36 bits per heavy atom. The summed E-state index contributed by atoms with van der Waals surface area (Å²) < 4.78 is 7.59. The number of urea groups is 1. The van der Waals surface area contributed by atoms with Gasteiger partial charge in [-0.1, -0.05) is 13.8 Å². The molecule has 2 N–H and O–H groups in total. The van der Waals surface area contributed by atoms with Crippen molar-refractivity contribution in [3.05, 3.63) is 17.0 Å². The van der Waals surface area contributed by atoms with Crippen LogP contribution in [0, 0.1) is 0 Å². The molecule has 22 heavy (non-hydrogen) atoms. The highest BCUT2D eigenvalue weighted by Crippen LogP contribution is 2.23. The van der Waals surface area contributed by atoms with Crippen LogP contribution in [0.3, 0.4) is 0 Å². The Hall–Kier alpha value is -1.56. The molecule has 1 saturated heterocycles. The number of aromatic nitrogens is 2. The highest BCUT2D eigenvalue weighted by molar-refractivity contribution is 5.74. The van der Waals surface area contributed by atoms with Crippen molar-refractivity contribution in [2.24, 2.45) is 7.05 Å². The van der Waals surface area contributed by atoms with Gasteiger partial charge < -0.3 is 15.4 Å². The van der Waals surface area contributed by atoms with Crippen molar-refractivity contribution in [2.75, 3.05) is 13.2 Å². The van der Waals surface area contributed by atoms with Gasteiger partial charge in [-0.05, 0) is 32.6 Å². The van der Waals surface area contributed by atoms with Crippen molar-refractivity contribution in [2.45, 2.75) is 58.6 Å².